The molecule has 1 aromatic heterocycles. The van der Waals surface area contributed by atoms with E-state index >= 15 is 0 Å². The molecular formula is C17H26ClIN6O. The second kappa shape index (κ2) is 9.59. The van der Waals surface area contributed by atoms with E-state index in [1.54, 1.807) is 25.2 Å². The maximum Gasteiger partial charge on any atom is 0.243 e. The molecule has 26 heavy (non-hydrogen) atoms. The van der Waals surface area contributed by atoms with Gasteiger partial charge < -0.3 is 20.4 Å². The molecule has 2 heterocycles. The molecule has 1 aliphatic heterocycles. The van der Waals surface area contributed by atoms with E-state index in [9.17, 15) is 4.79 Å². The number of hydrogen-bond donors (Lipinski definition) is 2. The van der Waals surface area contributed by atoms with E-state index in [1.807, 2.05) is 12.1 Å². The van der Waals surface area contributed by atoms with E-state index in [2.05, 4.69) is 25.5 Å². The molecule has 0 spiro atoms. The second-order valence-electron chi connectivity index (χ2n) is 6.76. The number of carbonyl (C=O) groups is 1. The molecule has 1 unspecified atom stereocenters. The molecule has 2 fully saturated rings. The predicted octanol–water partition coefficient (Wildman–Crippen LogP) is 1.72. The van der Waals surface area contributed by atoms with Gasteiger partial charge in [-0.1, -0.05) is 11.6 Å². The number of halogens is 2. The lowest BCUT2D eigenvalue weighted by Crippen LogP contribution is -2.46. The Bertz CT molecular complexity index is 652. The zero-order valence-corrected chi connectivity index (χ0v) is 18.2. The van der Waals surface area contributed by atoms with Crippen LogP contribution in [0.25, 0.3) is 0 Å². The topological polar surface area (TPSA) is 72.9 Å². The third kappa shape index (κ3) is 5.87. The van der Waals surface area contributed by atoms with Crippen molar-refractivity contribution < 1.29 is 4.79 Å². The molecule has 1 saturated heterocycles. The van der Waals surface area contributed by atoms with Crippen molar-refractivity contribution in [2.45, 2.75) is 31.3 Å². The molecular weight excluding hydrogens is 467 g/mol. The number of aromatic nitrogens is 1. The first-order valence-corrected chi connectivity index (χ1v) is 9.04. The van der Waals surface area contributed by atoms with Gasteiger partial charge in [0.1, 0.15) is 12.4 Å². The molecule has 7 nitrogen and oxygen atoms in total. The van der Waals surface area contributed by atoms with E-state index in [-0.39, 0.29) is 42.5 Å². The van der Waals surface area contributed by atoms with Crippen molar-refractivity contribution in [3.05, 3.63) is 23.4 Å². The Labute approximate surface area is 176 Å². The quantitative estimate of drug-likeness (QED) is 0.372. The SMILES string of the molecule is CN(C)C(=O)CN=C(NC1CC1)NC1CCN(c2ncccc2Cl)C1.I. The van der Waals surface area contributed by atoms with Gasteiger partial charge in [-0.15, -0.1) is 24.0 Å². The molecule has 0 bridgehead atoms. The van der Waals surface area contributed by atoms with Crippen molar-refractivity contribution in [3.8, 4) is 0 Å². The Hall–Kier alpha value is -1.29. The van der Waals surface area contributed by atoms with Crippen LogP contribution < -0.4 is 15.5 Å². The number of rotatable bonds is 5. The van der Waals surface area contributed by atoms with Crippen LogP contribution in [-0.4, -0.2) is 67.6 Å². The molecule has 144 valence electrons. The predicted molar refractivity (Wildman–Crippen MR) is 116 cm³/mol. The van der Waals surface area contributed by atoms with E-state index in [0.29, 0.717) is 11.1 Å². The molecule has 9 heteroatoms. The fourth-order valence-corrected chi connectivity index (χ4v) is 2.96. The number of nitrogens with zero attached hydrogens (tertiary/aromatic N) is 4. The molecule has 1 amide bonds. The van der Waals surface area contributed by atoms with Crippen molar-refractivity contribution in [2.75, 3.05) is 38.6 Å². The van der Waals surface area contributed by atoms with Gasteiger partial charge in [0.15, 0.2) is 5.96 Å². The molecule has 1 atom stereocenters. The monoisotopic (exact) mass is 492 g/mol. The van der Waals surface area contributed by atoms with Gasteiger partial charge in [0, 0.05) is 45.5 Å². The number of hydrogen-bond acceptors (Lipinski definition) is 4. The van der Waals surface area contributed by atoms with Crippen LogP contribution >= 0.6 is 35.6 Å². The van der Waals surface area contributed by atoms with Crippen molar-refractivity contribution >= 4 is 53.3 Å². The Balaban J connectivity index is 0.00000243. The molecule has 1 aliphatic carbocycles. The lowest BCUT2D eigenvalue weighted by Gasteiger charge is -2.20. The number of guanidine groups is 1. The van der Waals surface area contributed by atoms with Gasteiger partial charge in [-0.2, -0.15) is 0 Å². The maximum absolute atomic E-state index is 11.8. The Morgan fingerprint density at radius 2 is 2.08 bits per heavy atom. The normalized spacial score (nSPS) is 19.7. The lowest BCUT2D eigenvalue weighted by molar-refractivity contribution is -0.127. The number of likely N-dealkylation sites (N-methyl/N-ethyl adjacent to an activating group) is 1. The number of pyridine rings is 1. The van der Waals surface area contributed by atoms with Crippen LogP contribution in [0.1, 0.15) is 19.3 Å². The van der Waals surface area contributed by atoms with Crippen molar-refractivity contribution in [2.24, 2.45) is 4.99 Å². The second-order valence-corrected chi connectivity index (χ2v) is 7.16. The Morgan fingerprint density at radius 3 is 2.73 bits per heavy atom. The number of nitrogens with one attached hydrogen (secondary N) is 2. The summed E-state index contributed by atoms with van der Waals surface area (Å²) in [6, 6.07) is 4.42. The fraction of sp³-hybridized carbons (Fsp3) is 0.588. The van der Waals surface area contributed by atoms with Crippen LogP contribution in [0.3, 0.4) is 0 Å². The Kier molecular flexibility index (Phi) is 7.75. The molecule has 0 aromatic carbocycles. The van der Waals surface area contributed by atoms with Gasteiger partial charge >= 0.3 is 0 Å². The minimum atomic E-state index is -0.00906. The van der Waals surface area contributed by atoms with E-state index in [4.69, 9.17) is 11.6 Å². The Morgan fingerprint density at radius 1 is 1.35 bits per heavy atom. The van der Waals surface area contributed by atoms with Crippen LogP contribution in [0.15, 0.2) is 23.3 Å². The highest BCUT2D eigenvalue weighted by Gasteiger charge is 2.28. The smallest absolute Gasteiger partial charge is 0.243 e. The third-order valence-corrected chi connectivity index (χ3v) is 4.65. The molecule has 3 rings (SSSR count). The van der Waals surface area contributed by atoms with Crippen LogP contribution in [0.4, 0.5) is 5.82 Å². The highest BCUT2D eigenvalue weighted by molar-refractivity contribution is 14.0. The summed E-state index contributed by atoms with van der Waals surface area (Å²) >= 11 is 6.25. The van der Waals surface area contributed by atoms with E-state index < -0.39 is 0 Å². The summed E-state index contributed by atoms with van der Waals surface area (Å²) < 4.78 is 0. The van der Waals surface area contributed by atoms with E-state index in [1.165, 1.54) is 0 Å². The number of anilines is 1. The largest absolute Gasteiger partial charge is 0.354 e. The molecule has 0 radical (unpaired) electrons. The van der Waals surface area contributed by atoms with Crippen molar-refractivity contribution in [3.63, 3.8) is 0 Å². The van der Waals surface area contributed by atoms with Gasteiger partial charge in [0.2, 0.25) is 5.91 Å². The number of carbonyl (C=O) groups excluding carboxylic acids is 1. The first-order valence-electron chi connectivity index (χ1n) is 8.66. The molecule has 1 aromatic rings. The average molecular weight is 493 g/mol. The summed E-state index contributed by atoms with van der Waals surface area (Å²) in [7, 11) is 3.48. The summed E-state index contributed by atoms with van der Waals surface area (Å²) in [5.41, 5.74) is 0. The van der Waals surface area contributed by atoms with Crippen LogP contribution in [-0.2, 0) is 4.79 Å². The van der Waals surface area contributed by atoms with E-state index in [0.717, 1.165) is 44.1 Å². The van der Waals surface area contributed by atoms with Crippen LogP contribution in [0.2, 0.25) is 5.02 Å². The van der Waals surface area contributed by atoms with Gasteiger partial charge in [0.25, 0.3) is 0 Å². The summed E-state index contributed by atoms with van der Waals surface area (Å²) in [5.74, 6) is 1.53. The lowest BCUT2D eigenvalue weighted by atomic mass is 10.3. The summed E-state index contributed by atoms with van der Waals surface area (Å²) in [6.45, 7) is 1.85. The molecule has 2 N–H and O–H groups in total. The standard InChI is InChI=1S/C17H25ClN6O.HI/c1-23(2)15(25)10-20-17(21-12-5-6-12)22-13-7-9-24(11-13)16-14(18)4-3-8-19-16;/h3-4,8,12-13H,5-7,9-11H2,1-2H3,(H2,20,21,22);1H. The van der Waals surface area contributed by atoms with Crippen molar-refractivity contribution in [1.82, 2.24) is 20.5 Å². The molecule has 1 saturated carbocycles. The van der Waals surface area contributed by atoms with Crippen molar-refractivity contribution in [1.29, 1.82) is 0 Å². The third-order valence-electron chi connectivity index (χ3n) is 4.36. The fourth-order valence-electron chi connectivity index (χ4n) is 2.72. The highest BCUT2D eigenvalue weighted by Crippen LogP contribution is 2.25. The summed E-state index contributed by atoms with van der Waals surface area (Å²) in [4.78, 5) is 24.4. The summed E-state index contributed by atoms with van der Waals surface area (Å²) in [5, 5.41) is 7.51. The highest BCUT2D eigenvalue weighted by atomic mass is 127. The zero-order valence-electron chi connectivity index (χ0n) is 15.1. The van der Waals surface area contributed by atoms with Gasteiger partial charge in [0.05, 0.1) is 5.02 Å². The number of aliphatic imine (C=N–C) groups is 1. The minimum absolute atomic E-state index is 0. The van der Waals surface area contributed by atoms with Crippen LogP contribution in [0, 0.1) is 0 Å². The van der Waals surface area contributed by atoms with Gasteiger partial charge in [-0.3, -0.25) is 4.79 Å². The minimum Gasteiger partial charge on any atom is -0.354 e. The van der Waals surface area contributed by atoms with Gasteiger partial charge in [-0.05, 0) is 31.4 Å². The van der Waals surface area contributed by atoms with Crippen LogP contribution in [0.5, 0.6) is 0 Å². The summed E-state index contributed by atoms with van der Waals surface area (Å²) in [6.07, 6.45) is 5.04. The zero-order chi connectivity index (χ0) is 17.8. The maximum atomic E-state index is 11.8. The molecule has 2 aliphatic rings. The number of amides is 1. The first kappa shape index (κ1) is 21.0. The average Bonchev–Trinajstić information content (AvgIpc) is 3.28. The first-order chi connectivity index (χ1) is 12.0. The van der Waals surface area contributed by atoms with Gasteiger partial charge in [-0.25, -0.2) is 9.98 Å².